The van der Waals surface area contributed by atoms with Crippen LogP contribution in [0.5, 0.6) is 0 Å². The number of aliphatic hydroxyl groups is 2. The number of allylic oxidation sites excluding steroid dienone is 1. The van der Waals surface area contributed by atoms with Gasteiger partial charge in [0.1, 0.15) is 5.60 Å². The van der Waals surface area contributed by atoms with Gasteiger partial charge in [-0.3, -0.25) is 0 Å². The van der Waals surface area contributed by atoms with E-state index in [4.69, 9.17) is 5.11 Å². The van der Waals surface area contributed by atoms with Crippen molar-refractivity contribution in [1.82, 2.24) is 0 Å². The monoisotopic (exact) mass is 143 g/mol. The summed E-state index contributed by atoms with van der Waals surface area (Å²) in [4.78, 5) is 0. The molecule has 0 saturated heterocycles. The number of rotatable bonds is 3. The third kappa shape index (κ3) is 2.12. The lowest BCUT2D eigenvalue weighted by Gasteiger charge is -2.25. The average molecular weight is 143 g/mol. The van der Waals surface area contributed by atoms with Gasteiger partial charge in [0.15, 0.2) is 0 Å². The lowest BCUT2D eigenvalue weighted by molar-refractivity contribution is -0.0314. The highest BCUT2D eigenvalue weighted by Gasteiger charge is 2.26. The molecule has 0 fully saturated rings. The molecule has 2 heteroatoms. The third-order valence-electron chi connectivity index (χ3n) is 1.70. The lowest BCUT2D eigenvalue weighted by Crippen LogP contribution is -2.37. The average Bonchev–Trinajstić information content (AvgIpc) is 1.88. The summed E-state index contributed by atoms with van der Waals surface area (Å²) in [6.07, 6.45) is 2.76. The summed E-state index contributed by atoms with van der Waals surface area (Å²) in [5.41, 5.74) is -1.10. The molecule has 0 heterocycles. The van der Waals surface area contributed by atoms with Crippen molar-refractivity contribution in [2.75, 3.05) is 0 Å². The fourth-order valence-corrected chi connectivity index (χ4v) is 0.757. The molecule has 1 radical (unpaired) electrons. The highest BCUT2D eigenvalue weighted by Crippen LogP contribution is 2.16. The van der Waals surface area contributed by atoms with E-state index in [0.717, 1.165) is 0 Å². The first-order valence-electron chi connectivity index (χ1n) is 3.44. The Kier molecular flexibility index (Phi) is 3.61. The minimum atomic E-state index is -1.10. The molecule has 0 aliphatic rings. The molecule has 0 aliphatic heterocycles. The Morgan fingerprint density at radius 2 is 2.20 bits per heavy atom. The van der Waals surface area contributed by atoms with Crippen molar-refractivity contribution in [3.8, 4) is 0 Å². The SMILES string of the molecule is [CH2]C=CC(O)(CC)C(C)O. The van der Waals surface area contributed by atoms with Crippen LogP contribution in [-0.4, -0.2) is 21.9 Å². The van der Waals surface area contributed by atoms with E-state index in [1.54, 1.807) is 6.92 Å². The summed E-state index contributed by atoms with van der Waals surface area (Å²) in [7, 11) is 0. The van der Waals surface area contributed by atoms with Crippen LogP contribution in [0.3, 0.4) is 0 Å². The molecule has 0 rings (SSSR count). The van der Waals surface area contributed by atoms with Gasteiger partial charge in [0.25, 0.3) is 0 Å². The molecule has 0 aliphatic carbocycles. The third-order valence-corrected chi connectivity index (χ3v) is 1.70. The highest BCUT2D eigenvalue weighted by molar-refractivity contribution is 5.04. The first kappa shape index (κ1) is 9.66. The fraction of sp³-hybridized carbons (Fsp3) is 0.625. The van der Waals surface area contributed by atoms with Gasteiger partial charge in [-0.15, -0.1) is 0 Å². The van der Waals surface area contributed by atoms with E-state index >= 15 is 0 Å². The quantitative estimate of drug-likeness (QED) is 0.616. The van der Waals surface area contributed by atoms with Gasteiger partial charge in [-0.05, 0) is 20.3 Å². The van der Waals surface area contributed by atoms with Crippen LogP contribution in [-0.2, 0) is 0 Å². The van der Waals surface area contributed by atoms with E-state index in [0.29, 0.717) is 6.42 Å². The van der Waals surface area contributed by atoms with E-state index < -0.39 is 11.7 Å². The summed E-state index contributed by atoms with van der Waals surface area (Å²) < 4.78 is 0. The first-order valence-corrected chi connectivity index (χ1v) is 3.44. The molecule has 2 nitrogen and oxygen atoms in total. The zero-order valence-electron chi connectivity index (χ0n) is 6.54. The minimum Gasteiger partial charge on any atom is -0.390 e. The molecule has 59 valence electrons. The summed E-state index contributed by atoms with van der Waals surface area (Å²) in [5.74, 6) is 0. The Bertz CT molecular complexity index is 118. The molecule has 0 amide bonds. The van der Waals surface area contributed by atoms with Gasteiger partial charge >= 0.3 is 0 Å². The Hall–Kier alpha value is -0.340. The van der Waals surface area contributed by atoms with Crippen LogP contribution in [0.2, 0.25) is 0 Å². The van der Waals surface area contributed by atoms with Gasteiger partial charge in [0, 0.05) is 0 Å². The molecule has 0 aromatic carbocycles. The van der Waals surface area contributed by atoms with Gasteiger partial charge in [-0.2, -0.15) is 0 Å². The number of hydrogen-bond donors (Lipinski definition) is 2. The number of aliphatic hydroxyl groups excluding tert-OH is 1. The minimum absolute atomic E-state index is 0.497. The Balaban J connectivity index is 4.22. The van der Waals surface area contributed by atoms with Crippen molar-refractivity contribution in [2.24, 2.45) is 0 Å². The fourth-order valence-electron chi connectivity index (χ4n) is 0.757. The predicted octanol–water partition coefficient (Wildman–Crippen LogP) is 0.899. The summed E-state index contributed by atoms with van der Waals surface area (Å²) in [5, 5.41) is 18.6. The van der Waals surface area contributed by atoms with Gasteiger partial charge in [0.2, 0.25) is 0 Å². The molecule has 0 spiro atoms. The zero-order chi connectivity index (χ0) is 8.20. The summed E-state index contributed by atoms with van der Waals surface area (Å²) in [6.45, 7) is 6.82. The van der Waals surface area contributed by atoms with Crippen molar-refractivity contribution < 1.29 is 10.2 Å². The molecule has 2 N–H and O–H groups in total. The van der Waals surface area contributed by atoms with Crippen molar-refractivity contribution in [3.63, 3.8) is 0 Å². The van der Waals surface area contributed by atoms with E-state index in [-0.39, 0.29) is 0 Å². The Morgan fingerprint density at radius 1 is 1.70 bits per heavy atom. The van der Waals surface area contributed by atoms with Gasteiger partial charge < -0.3 is 10.2 Å². The lowest BCUT2D eigenvalue weighted by atomic mass is 9.94. The zero-order valence-corrected chi connectivity index (χ0v) is 6.54. The normalized spacial score (nSPS) is 20.9. The van der Waals surface area contributed by atoms with Crippen LogP contribution in [0.25, 0.3) is 0 Å². The van der Waals surface area contributed by atoms with E-state index in [1.807, 2.05) is 6.92 Å². The predicted molar refractivity (Wildman–Crippen MR) is 41.4 cm³/mol. The smallest absolute Gasteiger partial charge is 0.108 e. The molecule has 2 unspecified atom stereocenters. The summed E-state index contributed by atoms with van der Waals surface area (Å²) >= 11 is 0. The number of hydrogen-bond acceptors (Lipinski definition) is 2. The highest BCUT2D eigenvalue weighted by atomic mass is 16.3. The molecular formula is C8H15O2. The van der Waals surface area contributed by atoms with Crippen LogP contribution >= 0.6 is 0 Å². The van der Waals surface area contributed by atoms with Crippen LogP contribution in [0.15, 0.2) is 12.2 Å². The Morgan fingerprint density at radius 3 is 2.30 bits per heavy atom. The van der Waals surface area contributed by atoms with Gasteiger partial charge in [-0.25, -0.2) is 0 Å². The van der Waals surface area contributed by atoms with Crippen LogP contribution in [0, 0.1) is 6.92 Å². The van der Waals surface area contributed by atoms with Crippen LogP contribution in [0.1, 0.15) is 20.3 Å². The summed E-state index contributed by atoms with van der Waals surface area (Å²) in [6, 6.07) is 0. The maximum atomic E-state index is 9.52. The van der Waals surface area contributed by atoms with Gasteiger partial charge in [0.05, 0.1) is 6.10 Å². The largest absolute Gasteiger partial charge is 0.390 e. The van der Waals surface area contributed by atoms with E-state index in [2.05, 4.69) is 6.92 Å². The maximum Gasteiger partial charge on any atom is 0.108 e. The molecule has 0 aromatic heterocycles. The second-order valence-electron chi connectivity index (χ2n) is 2.42. The first-order chi connectivity index (χ1) is 4.56. The van der Waals surface area contributed by atoms with Crippen molar-refractivity contribution in [2.45, 2.75) is 32.0 Å². The van der Waals surface area contributed by atoms with Crippen molar-refractivity contribution in [3.05, 3.63) is 19.1 Å². The van der Waals surface area contributed by atoms with Gasteiger partial charge in [-0.1, -0.05) is 19.1 Å². The van der Waals surface area contributed by atoms with Crippen molar-refractivity contribution in [1.29, 1.82) is 0 Å². The van der Waals surface area contributed by atoms with E-state index in [9.17, 15) is 5.11 Å². The second-order valence-corrected chi connectivity index (χ2v) is 2.42. The molecule has 0 aromatic rings. The molecule has 0 saturated carbocycles. The van der Waals surface area contributed by atoms with Crippen LogP contribution < -0.4 is 0 Å². The molecular weight excluding hydrogens is 128 g/mol. The standard InChI is InChI=1S/C8H15O2/c1-4-6-8(10,5-2)7(3)9/h4,6-7,9-10H,1,5H2,2-3H3. The topological polar surface area (TPSA) is 40.5 Å². The van der Waals surface area contributed by atoms with E-state index in [1.165, 1.54) is 12.2 Å². The maximum absolute atomic E-state index is 9.52. The molecule has 2 atom stereocenters. The molecule has 0 bridgehead atoms. The van der Waals surface area contributed by atoms with Crippen LogP contribution in [0.4, 0.5) is 0 Å². The molecule has 10 heavy (non-hydrogen) atoms. The van der Waals surface area contributed by atoms with Crippen molar-refractivity contribution >= 4 is 0 Å². The Labute approximate surface area is 62.2 Å². The second kappa shape index (κ2) is 3.74.